The lowest BCUT2D eigenvalue weighted by Gasteiger charge is -2.34. The van der Waals surface area contributed by atoms with Crippen LogP contribution >= 0.6 is 11.3 Å². The van der Waals surface area contributed by atoms with E-state index in [2.05, 4.69) is 25.9 Å². The predicted octanol–water partition coefficient (Wildman–Crippen LogP) is 3.66. The van der Waals surface area contributed by atoms with Crippen molar-refractivity contribution in [1.29, 1.82) is 0 Å². The first-order chi connectivity index (χ1) is 18.4. The third-order valence-corrected chi connectivity index (χ3v) is 8.88. The van der Waals surface area contributed by atoms with Gasteiger partial charge in [-0.1, -0.05) is 47.7 Å². The third kappa shape index (κ3) is 5.74. The molecule has 0 unspecified atom stereocenters. The van der Waals surface area contributed by atoms with Crippen molar-refractivity contribution in [3.8, 4) is 5.75 Å². The molecule has 1 aliphatic rings. The molecular weight excluding hydrogens is 522 g/mol. The van der Waals surface area contributed by atoms with Crippen LogP contribution in [-0.4, -0.2) is 70.6 Å². The molecule has 1 aliphatic heterocycles. The Morgan fingerprint density at radius 3 is 2.47 bits per heavy atom. The zero-order chi connectivity index (χ0) is 26.5. The van der Waals surface area contributed by atoms with E-state index in [0.717, 1.165) is 47.3 Å². The van der Waals surface area contributed by atoms with Crippen LogP contribution in [-0.2, 0) is 10.0 Å². The second-order valence-electron chi connectivity index (χ2n) is 8.85. The van der Waals surface area contributed by atoms with Crippen LogP contribution in [0.5, 0.6) is 5.75 Å². The van der Waals surface area contributed by atoms with Gasteiger partial charge in [-0.3, -0.25) is 14.4 Å². The van der Waals surface area contributed by atoms with Gasteiger partial charge >= 0.3 is 0 Å². The molecule has 9 nitrogen and oxygen atoms in total. The van der Waals surface area contributed by atoms with E-state index in [1.54, 1.807) is 60.9 Å². The number of nitrogens with zero attached hydrogens (tertiary/aromatic N) is 3. The van der Waals surface area contributed by atoms with E-state index >= 15 is 0 Å². The minimum Gasteiger partial charge on any atom is -0.494 e. The molecule has 3 aromatic carbocycles. The lowest BCUT2D eigenvalue weighted by atomic mass is 10.1. The number of nitrogens with one attached hydrogen (secondary N) is 2. The second kappa shape index (κ2) is 11.4. The zero-order valence-corrected chi connectivity index (χ0v) is 22.6. The fourth-order valence-electron chi connectivity index (χ4n) is 4.37. The number of thiazole rings is 1. The summed E-state index contributed by atoms with van der Waals surface area (Å²) in [6, 6.07) is 20.7. The summed E-state index contributed by atoms with van der Waals surface area (Å²) in [6.07, 6.45) is 0. The van der Waals surface area contributed by atoms with Gasteiger partial charge in [-0.2, -0.15) is 0 Å². The van der Waals surface area contributed by atoms with Gasteiger partial charge in [0.15, 0.2) is 5.13 Å². The molecule has 5 rings (SSSR count). The molecule has 11 heteroatoms. The molecule has 1 aromatic heterocycles. The van der Waals surface area contributed by atoms with Crippen LogP contribution in [0.2, 0.25) is 0 Å². The molecule has 0 bridgehead atoms. The molecule has 1 saturated heterocycles. The minimum atomic E-state index is -3.80. The Balaban J connectivity index is 1.14. The Hall–Kier alpha value is -3.67. The van der Waals surface area contributed by atoms with Crippen molar-refractivity contribution >= 4 is 48.3 Å². The van der Waals surface area contributed by atoms with Crippen molar-refractivity contribution in [2.24, 2.45) is 0 Å². The fourth-order valence-corrected chi connectivity index (χ4v) is 6.51. The molecule has 0 atom stereocenters. The lowest BCUT2D eigenvalue weighted by Crippen LogP contribution is -2.48. The molecule has 4 aromatic rings. The van der Waals surface area contributed by atoms with Gasteiger partial charge in [0.25, 0.3) is 15.9 Å². The standard InChI is InChI=1S/C27H29N5O4S2/c1-36-23-12-7-13-24-25(23)29-27(37-24)32-18-16-31(17-19-32)15-14-28-26(33)21-10-5-6-11-22(21)30-38(34,35)20-8-3-2-4-9-20/h2-13,30H,14-19H2,1H3,(H,28,33). The molecule has 198 valence electrons. The number of carbonyl (C=O) groups is 1. The highest BCUT2D eigenvalue weighted by atomic mass is 32.2. The van der Waals surface area contributed by atoms with Crippen LogP contribution in [0.15, 0.2) is 77.7 Å². The number of rotatable bonds is 9. The normalized spacial score (nSPS) is 14.4. The number of aromatic nitrogens is 1. The molecule has 1 amide bonds. The number of anilines is 2. The van der Waals surface area contributed by atoms with Gasteiger partial charge in [-0.05, 0) is 36.4 Å². The predicted molar refractivity (Wildman–Crippen MR) is 151 cm³/mol. The number of benzene rings is 3. The van der Waals surface area contributed by atoms with Crippen LogP contribution in [0.4, 0.5) is 10.8 Å². The highest BCUT2D eigenvalue weighted by molar-refractivity contribution is 7.92. The van der Waals surface area contributed by atoms with Crippen LogP contribution in [0.3, 0.4) is 0 Å². The zero-order valence-electron chi connectivity index (χ0n) is 21.0. The first-order valence-corrected chi connectivity index (χ1v) is 14.6. The molecular formula is C27H29N5O4S2. The number of para-hydroxylation sites is 2. The molecule has 0 radical (unpaired) electrons. The first kappa shape index (κ1) is 26.0. The third-order valence-electron chi connectivity index (χ3n) is 6.42. The summed E-state index contributed by atoms with van der Waals surface area (Å²) in [4.78, 5) is 22.4. The van der Waals surface area contributed by atoms with Gasteiger partial charge in [0.2, 0.25) is 0 Å². The number of carbonyl (C=O) groups excluding carboxylic acids is 1. The largest absolute Gasteiger partial charge is 0.494 e. The van der Waals surface area contributed by atoms with Crippen LogP contribution < -0.4 is 19.7 Å². The topological polar surface area (TPSA) is 104 Å². The molecule has 2 heterocycles. The van der Waals surface area contributed by atoms with Gasteiger partial charge in [0.05, 0.1) is 28.0 Å². The van der Waals surface area contributed by atoms with Crippen molar-refractivity contribution < 1.29 is 17.9 Å². The molecule has 38 heavy (non-hydrogen) atoms. The Morgan fingerprint density at radius 2 is 1.71 bits per heavy atom. The van der Waals surface area contributed by atoms with E-state index in [0.29, 0.717) is 13.1 Å². The summed E-state index contributed by atoms with van der Waals surface area (Å²) >= 11 is 1.67. The SMILES string of the molecule is COc1cccc2sc(N3CCN(CCNC(=O)c4ccccc4NS(=O)(=O)c4ccccc4)CC3)nc12. The van der Waals surface area contributed by atoms with Crippen molar-refractivity contribution in [1.82, 2.24) is 15.2 Å². The Kier molecular flexibility index (Phi) is 7.77. The Bertz CT molecular complexity index is 1520. The van der Waals surface area contributed by atoms with E-state index < -0.39 is 10.0 Å². The molecule has 0 saturated carbocycles. The fraction of sp³-hybridized carbons (Fsp3) is 0.259. The smallest absolute Gasteiger partial charge is 0.261 e. The van der Waals surface area contributed by atoms with E-state index in [-0.39, 0.29) is 22.1 Å². The molecule has 0 spiro atoms. The van der Waals surface area contributed by atoms with Crippen molar-refractivity contribution in [3.05, 3.63) is 78.4 Å². The Morgan fingerprint density at radius 1 is 0.974 bits per heavy atom. The number of sulfonamides is 1. The van der Waals surface area contributed by atoms with Gasteiger partial charge in [0.1, 0.15) is 11.3 Å². The van der Waals surface area contributed by atoms with Gasteiger partial charge in [0, 0.05) is 39.3 Å². The average Bonchev–Trinajstić information content (AvgIpc) is 3.39. The molecule has 2 N–H and O–H groups in total. The summed E-state index contributed by atoms with van der Waals surface area (Å²) in [5, 5.41) is 3.92. The van der Waals surface area contributed by atoms with Gasteiger partial charge in [-0.15, -0.1) is 0 Å². The minimum absolute atomic E-state index is 0.138. The maximum absolute atomic E-state index is 12.9. The number of amides is 1. The summed E-state index contributed by atoms with van der Waals surface area (Å²) in [5.41, 5.74) is 1.42. The first-order valence-electron chi connectivity index (χ1n) is 12.3. The van der Waals surface area contributed by atoms with Crippen molar-refractivity contribution in [2.75, 3.05) is 56.0 Å². The molecule has 0 aliphatic carbocycles. The highest BCUT2D eigenvalue weighted by Gasteiger charge is 2.22. The number of hydrogen-bond donors (Lipinski definition) is 2. The maximum Gasteiger partial charge on any atom is 0.261 e. The van der Waals surface area contributed by atoms with Crippen LogP contribution in [0.25, 0.3) is 10.2 Å². The average molecular weight is 552 g/mol. The maximum atomic E-state index is 12.9. The summed E-state index contributed by atoms with van der Waals surface area (Å²) in [7, 11) is -2.14. The number of fused-ring (bicyclic) bond motifs is 1. The summed E-state index contributed by atoms with van der Waals surface area (Å²) in [6.45, 7) is 4.56. The summed E-state index contributed by atoms with van der Waals surface area (Å²) in [5.74, 6) is 0.465. The number of ether oxygens (including phenoxy) is 1. The van der Waals surface area contributed by atoms with Crippen molar-refractivity contribution in [3.63, 3.8) is 0 Å². The van der Waals surface area contributed by atoms with Gasteiger partial charge in [-0.25, -0.2) is 13.4 Å². The van der Waals surface area contributed by atoms with Gasteiger partial charge < -0.3 is 15.0 Å². The number of methoxy groups -OCH3 is 1. The monoisotopic (exact) mass is 551 g/mol. The van der Waals surface area contributed by atoms with Crippen LogP contribution in [0.1, 0.15) is 10.4 Å². The van der Waals surface area contributed by atoms with E-state index in [1.165, 1.54) is 12.1 Å². The second-order valence-corrected chi connectivity index (χ2v) is 11.5. The quantitative estimate of drug-likeness (QED) is 0.327. The van der Waals surface area contributed by atoms with E-state index in [1.807, 2.05) is 12.1 Å². The van der Waals surface area contributed by atoms with E-state index in [9.17, 15) is 13.2 Å². The number of hydrogen-bond acceptors (Lipinski definition) is 8. The lowest BCUT2D eigenvalue weighted by molar-refractivity contribution is 0.0948. The molecule has 1 fully saturated rings. The Labute approximate surface area is 226 Å². The van der Waals surface area contributed by atoms with Crippen molar-refractivity contribution in [2.45, 2.75) is 4.90 Å². The summed E-state index contributed by atoms with van der Waals surface area (Å²) < 4.78 is 34.6. The van der Waals surface area contributed by atoms with Crippen LogP contribution in [0, 0.1) is 0 Å². The van der Waals surface area contributed by atoms with E-state index in [4.69, 9.17) is 9.72 Å². The number of piperazine rings is 1. The highest BCUT2D eigenvalue weighted by Crippen LogP contribution is 2.34.